The van der Waals surface area contributed by atoms with Crippen molar-refractivity contribution in [1.29, 1.82) is 0 Å². The Morgan fingerprint density at radius 1 is 0.938 bits per heavy atom. The molecular formula is C15H19N. The summed E-state index contributed by atoms with van der Waals surface area (Å²) in [6.45, 7) is 8.80. The molecule has 0 spiro atoms. The smallest absolute Gasteiger partial charge is 0.0487 e. The van der Waals surface area contributed by atoms with Gasteiger partial charge < -0.3 is 4.57 Å². The first-order valence-corrected chi connectivity index (χ1v) is 5.85. The molecule has 1 nitrogen and oxygen atoms in total. The number of hydrogen-bond donors (Lipinski definition) is 0. The minimum Gasteiger partial charge on any atom is -0.342 e. The molecule has 1 aromatic heterocycles. The molecule has 1 aromatic carbocycles. The van der Waals surface area contributed by atoms with E-state index in [1.165, 1.54) is 22.5 Å². The van der Waals surface area contributed by atoms with E-state index in [-0.39, 0.29) is 0 Å². The molecule has 0 saturated carbocycles. The first-order valence-electron chi connectivity index (χ1n) is 5.85. The van der Waals surface area contributed by atoms with Crippen molar-refractivity contribution >= 4 is 0 Å². The highest BCUT2D eigenvalue weighted by Gasteiger charge is 2.11. The van der Waals surface area contributed by atoms with Crippen molar-refractivity contribution in [1.82, 2.24) is 4.57 Å². The molecule has 1 heteroatoms. The van der Waals surface area contributed by atoms with E-state index in [1.807, 2.05) is 0 Å². The zero-order valence-corrected chi connectivity index (χ0v) is 10.5. The van der Waals surface area contributed by atoms with Gasteiger partial charge in [-0.15, -0.1) is 0 Å². The maximum atomic E-state index is 2.39. The third-order valence-electron chi connectivity index (χ3n) is 3.06. The highest BCUT2D eigenvalue weighted by Crippen LogP contribution is 2.28. The Morgan fingerprint density at radius 2 is 1.62 bits per heavy atom. The first-order chi connectivity index (χ1) is 7.61. The molecule has 0 aliphatic rings. The van der Waals surface area contributed by atoms with Gasteiger partial charge in [0.05, 0.1) is 0 Å². The van der Waals surface area contributed by atoms with Crippen LogP contribution in [0.1, 0.15) is 31.1 Å². The van der Waals surface area contributed by atoms with Crippen molar-refractivity contribution < 1.29 is 0 Å². The van der Waals surface area contributed by atoms with Gasteiger partial charge in [0.2, 0.25) is 0 Å². The predicted octanol–water partition coefficient (Wildman–Crippen LogP) is 4.35. The van der Waals surface area contributed by atoms with Crippen LogP contribution in [0.15, 0.2) is 36.4 Å². The quantitative estimate of drug-likeness (QED) is 0.698. The largest absolute Gasteiger partial charge is 0.342 e. The number of nitrogens with zero attached hydrogens (tertiary/aromatic N) is 1. The number of hydrogen-bond acceptors (Lipinski definition) is 0. The van der Waals surface area contributed by atoms with Gasteiger partial charge in [0.15, 0.2) is 0 Å². The van der Waals surface area contributed by atoms with E-state index in [0.29, 0.717) is 6.04 Å². The predicted molar refractivity (Wildman–Crippen MR) is 69.7 cm³/mol. The molecular weight excluding hydrogens is 194 g/mol. The lowest BCUT2D eigenvalue weighted by Crippen LogP contribution is -2.04. The molecule has 0 N–H and O–H groups in total. The zero-order valence-electron chi connectivity index (χ0n) is 10.5. The summed E-state index contributed by atoms with van der Waals surface area (Å²) in [6.07, 6.45) is 0. The van der Waals surface area contributed by atoms with E-state index < -0.39 is 0 Å². The SMILES string of the molecule is Cc1ccccc1-c1ccc(C)n1C(C)C. The summed E-state index contributed by atoms with van der Waals surface area (Å²) in [5.74, 6) is 0. The Kier molecular flexibility index (Phi) is 2.86. The second-order valence-corrected chi connectivity index (χ2v) is 4.64. The summed E-state index contributed by atoms with van der Waals surface area (Å²) in [4.78, 5) is 0. The van der Waals surface area contributed by atoms with E-state index in [0.717, 1.165) is 0 Å². The molecule has 0 aliphatic heterocycles. The van der Waals surface area contributed by atoms with E-state index in [4.69, 9.17) is 0 Å². The van der Waals surface area contributed by atoms with E-state index in [9.17, 15) is 0 Å². The summed E-state index contributed by atoms with van der Waals surface area (Å²) < 4.78 is 2.39. The van der Waals surface area contributed by atoms with Gasteiger partial charge in [0.1, 0.15) is 0 Å². The Hall–Kier alpha value is -1.50. The van der Waals surface area contributed by atoms with Gasteiger partial charge in [-0.3, -0.25) is 0 Å². The molecule has 0 atom stereocenters. The summed E-state index contributed by atoms with van der Waals surface area (Å²) in [6, 6.07) is 13.5. The lowest BCUT2D eigenvalue weighted by molar-refractivity contribution is 0.595. The Labute approximate surface area is 97.7 Å². The van der Waals surface area contributed by atoms with Crippen LogP contribution in [0.3, 0.4) is 0 Å². The molecule has 0 radical (unpaired) electrons. The highest BCUT2D eigenvalue weighted by molar-refractivity contribution is 5.65. The van der Waals surface area contributed by atoms with Gasteiger partial charge in [-0.1, -0.05) is 24.3 Å². The maximum Gasteiger partial charge on any atom is 0.0487 e. The monoisotopic (exact) mass is 213 g/mol. The second kappa shape index (κ2) is 4.17. The standard InChI is InChI=1S/C15H19N/c1-11(2)16-13(4)9-10-15(16)14-8-6-5-7-12(14)3/h5-11H,1-4H3. The van der Waals surface area contributed by atoms with E-state index in [1.54, 1.807) is 0 Å². The van der Waals surface area contributed by atoms with Crippen LogP contribution in [0, 0.1) is 13.8 Å². The van der Waals surface area contributed by atoms with Crippen molar-refractivity contribution in [2.24, 2.45) is 0 Å². The lowest BCUT2D eigenvalue weighted by atomic mass is 10.1. The Bertz CT molecular complexity index is 492. The van der Waals surface area contributed by atoms with Gasteiger partial charge >= 0.3 is 0 Å². The third-order valence-corrected chi connectivity index (χ3v) is 3.06. The number of aryl methyl sites for hydroxylation is 2. The van der Waals surface area contributed by atoms with E-state index >= 15 is 0 Å². The van der Waals surface area contributed by atoms with Crippen LogP contribution >= 0.6 is 0 Å². The molecule has 0 aliphatic carbocycles. The van der Waals surface area contributed by atoms with Crippen molar-refractivity contribution in [3.05, 3.63) is 47.7 Å². The third kappa shape index (κ3) is 1.78. The average Bonchev–Trinajstić information content (AvgIpc) is 2.61. The zero-order chi connectivity index (χ0) is 11.7. The fourth-order valence-corrected chi connectivity index (χ4v) is 2.32. The van der Waals surface area contributed by atoms with Gasteiger partial charge in [0, 0.05) is 23.0 Å². The Morgan fingerprint density at radius 3 is 2.25 bits per heavy atom. The fourth-order valence-electron chi connectivity index (χ4n) is 2.32. The van der Waals surface area contributed by atoms with Gasteiger partial charge in [-0.05, 0) is 45.4 Å². The van der Waals surface area contributed by atoms with Gasteiger partial charge in [-0.25, -0.2) is 0 Å². The van der Waals surface area contributed by atoms with Crippen molar-refractivity contribution in [2.75, 3.05) is 0 Å². The molecule has 0 bridgehead atoms. The minimum atomic E-state index is 0.504. The highest BCUT2D eigenvalue weighted by atomic mass is 15.0. The van der Waals surface area contributed by atoms with Crippen LogP contribution < -0.4 is 0 Å². The summed E-state index contributed by atoms with van der Waals surface area (Å²) in [7, 11) is 0. The Balaban J connectivity index is 2.61. The van der Waals surface area contributed by atoms with Crippen LogP contribution in [0.25, 0.3) is 11.3 Å². The topological polar surface area (TPSA) is 4.93 Å². The molecule has 0 unspecified atom stereocenters. The van der Waals surface area contributed by atoms with Gasteiger partial charge in [0.25, 0.3) is 0 Å². The van der Waals surface area contributed by atoms with Crippen LogP contribution in [-0.2, 0) is 0 Å². The molecule has 1 heterocycles. The summed E-state index contributed by atoms with van der Waals surface area (Å²) in [5, 5.41) is 0. The van der Waals surface area contributed by atoms with Gasteiger partial charge in [-0.2, -0.15) is 0 Å². The molecule has 16 heavy (non-hydrogen) atoms. The maximum absolute atomic E-state index is 2.39. The molecule has 0 amide bonds. The van der Waals surface area contributed by atoms with Crippen LogP contribution in [0.2, 0.25) is 0 Å². The van der Waals surface area contributed by atoms with Crippen LogP contribution in [-0.4, -0.2) is 4.57 Å². The number of rotatable bonds is 2. The van der Waals surface area contributed by atoms with Crippen LogP contribution in [0.5, 0.6) is 0 Å². The summed E-state index contributed by atoms with van der Waals surface area (Å²) in [5.41, 5.74) is 5.32. The van der Waals surface area contributed by atoms with Crippen LogP contribution in [0.4, 0.5) is 0 Å². The number of aromatic nitrogens is 1. The van der Waals surface area contributed by atoms with Crippen molar-refractivity contribution in [2.45, 2.75) is 33.7 Å². The molecule has 2 aromatic rings. The first kappa shape index (κ1) is 11.0. The van der Waals surface area contributed by atoms with Crippen molar-refractivity contribution in [3.8, 4) is 11.3 Å². The second-order valence-electron chi connectivity index (χ2n) is 4.64. The molecule has 0 saturated heterocycles. The lowest BCUT2D eigenvalue weighted by Gasteiger charge is -2.16. The minimum absolute atomic E-state index is 0.504. The average molecular weight is 213 g/mol. The fraction of sp³-hybridized carbons (Fsp3) is 0.333. The number of benzene rings is 1. The molecule has 0 fully saturated rings. The molecule has 84 valence electrons. The summed E-state index contributed by atoms with van der Waals surface area (Å²) >= 11 is 0. The van der Waals surface area contributed by atoms with Crippen molar-refractivity contribution in [3.63, 3.8) is 0 Å². The van der Waals surface area contributed by atoms with E-state index in [2.05, 4.69) is 68.7 Å². The normalized spacial score (nSPS) is 11.1. The molecule has 2 rings (SSSR count).